The van der Waals surface area contributed by atoms with Crippen LogP contribution in [0.25, 0.3) is 10.2 Å². The van der Waals surface area contributed by atoms with Gasteiger partial charge in [0.05, 0.1) is 16.5 Å². The normalized spacial score (nSPS) is 10.7. The van der Waals surface area contributed by atoms with Gasteiger partial charge in [0.25, 0.3) is 5.91 Å². The quantitative estimate of drug-likeness (QED) is 0.742. The Morgan fingerprint density at radius 3 is 2.87 bits per heavy atom. The van der Waals surface area contributed by atoms with Gasteiger partial charge >= 0.3 is 5.97 Å². The number of carbonyl (C=O) groups excluding carboxylic acids is 2. The molecule has 1 N–H and O–H groups in total. The summed E-state index contributed by atoms with van der Waals surface area (Å²) < 4.78 is 11.0. The highest BCUT2D eigenvalue weighted by atomic mass is 32.1. The van der Waals surface area contributed by atoms with Gasteiger partial charge in [-0.15, -0.1) is 0 Å². The fraction of sp³-hybridized carbons (Fsp3) is 0.188. The first-order valence-corrected chi connectivity index (χ1v) is 7.73. The standard InChI is InChI=1S/C16H14N2O4S/c1-9-3-4-12-13(7-9)23-16(17-12)18-14(19)8-22-15(20)11-5-6-21-10(11)2/h3-7H,8H2,1-2H3,(H,17,18,19). The zero-order valence-electron chi connectivity index (χ0n) is 12.6. The van der Waals surface area contributed by atoms with Crippen molar-refractivity contribution < 1.29 is 18.7 Å². The van der Waals surface area contributed by atoms with E-state index in [0.717, 1.165) is 15.8 Å². The molecule has 3 aromatic rings. The Hall–Kier alpha value is -2.67. The minimum Gasteiger partial charge on any atom is -0.469 e. The van der Waals surface area contributed by atoms with Crippen molar-refractivity contribution in [1.29, 1.82) is 0 Å². The van der Waals surface area contributed by atoms with Crippen LogP contribution in [0.2, 0.25) is 0 Å². The molecule has 0 fully saturated rings. The van der Waals surface area contributed by atoms with Crippen molar-refractivity contribution in [3.63, 3.8) is 0 Å². The minimum atomic E-state index is -0.591. The van der Waals surface area contributed by atoms with E-state index in [1.165, 1.54) is 23.7 Å². The lowest BCUT2D eigenvalue weighted by Gasteiger charge is -2.03. The summed E-state index contributed by atoms with van der Waals surface area (Å²) in [5.41, 5.74) is 2.26. The van der Waals surface area contributed by atoms with Gasteiger partial charge in [-0.1, -0.05) is 17.4 Å². The molecule has 0 saturated heterocycles. The number of amides is 1. The monoisotopic (exact) mass is 330 g/mol. The molecule has 1 amide bonds. The summed E-state index contributed by atoms with van der Waals surface area (Å²) in [6.07, 6.45) is 1.40. The Kier molecular flexibility index (Phi) is 4.12. The van der Waals surface area contributed by atoms with Crippen LogP contribution in [0.3, 0.4) is 0 Å². The Labute approximate surface area is 136 Å². The molecular weight excluding hydrogens is 316 g/mol. The van der Waals surface area contributed by atoms with Crippen molar-refractivity contribution in [1.82, 2.24) is 4.98 Å². The summed E-state index contributed by atoms with van der Waals surface area (Å²) in [5, 5.41) is 3.11. The number of furan rings is 1. The summed E-state index contributed by atoms with van der Waals surface area (Å²) in [4.78, 5) is 28.0. The van der Waals surface area contributed by atoms with Crippen molar-refractivity contribution in [2.75, 3.05) is 11.9 Å². The average Bonchev–Trinajstić information content (AvgIpc) is 3.10. The molecule has 0 spiro atoms. The van der Waals surface area contributed by atoms with E-state index < -0.39 is 11.9 Å². The fourth-order valence-electron chi connectivity index (χ4n) is 2.05. The summed E-state index contributed by atoms with van der Waals surface area (Å²) in [5.74, 6) is -0.571. The van der Waals surface area contributed by atoms with Gasteiger partial charge < -0.3 is 9.15 Å². The number of ether oxygens (including phenoxy) is 1. The van der Waals surface area contributed by atoms with Gasteiger partial charge in [0.1, 0.15) is 11.3 Å². The molecule has 2 aromatic heterocycles. The second-order valence-electron chi connectivity index (χ2n) is 5.00. The average molecular weight is 330 g/mol. The SMILES string of the molecule is Cc1ccc2nc(NC(=O)COC(=O)c3ccoc3C)sc2c1. The van der Waals surface area contributed by atoms with Crippen molar-refractivity contribution >= 4 is 38.6 Å². The van der Waals surface area contributed by atoms with Crippen LogP contribution in [-0.4, -0.2) is 23.5 Å². The third kappa shape index (κ3) is 3.40. The van der Waals surface area contributed by atoms with Crippen LogP contribution < -0.4 is 5.32 Å². The highest BCUT2D eigenvalue weighted by Gasteiger charge is 2.15. The summed E-state index contributed by atoms with van der Waals surface area (Å²) in [6.45, 7) is 3.27. The van der Waals surface area contributed by atoms with Crippen LogP contribution in [0.15, 0.2) is 34.9 Å². The van der Waals surface area contributed by atoms with E-state index in [4.69, 9.17) is 9.15 Å². The van der Waals surface area contributed by atoms with E-state index in [1.807, 2.05) is 25.1 Å². The number of rotatable bonds is 4. The number of thiazole rings is 1. The predicted octanol–water partition coefficient (Wildman–Crippen LogP) is 3.30. The minimum absolute atomic E-state index is 0.313. The smallest absolute Gasteiger partial charge is 0.342 e. The highest BCUT2D eigenvalue weighted by Crippen LogP contribution is 2.26. The lowest BCUT2D eigenvalue weighted by molar-refractivity contribution is -0.119. The molecule has 0 saturated carbocycles. The number of anilines is 1. The van der Waals surface area contributed by atoms with Gasteiger partial charge in [-0.3, -0.25) is 10.1 Å². The number of aryl methyl sites for hydroxylation is 2. The van der Waals surface area contributed by atoms with Crippen molar-refractivity contribution in [2.45, 2.75) is 13.8 Å². The molecule has 6 nitrogen and oxygen atoms in total. The number of hydrogen-bond acceptors (Lipinski definition) is 6. The van der Waals surface area contributed by atoms with Crippen molar-refractivity contribution in [3.05, 3.63) is 47.4 Å². The molecule has 0 unspecified atom stereocenters. The first-order chi connectivity index (χ1) is 11.0. The lowest BCUT2D eigenvalue weighted by Crippen LogP contribution is -2.20. The van der Waals surface area contributed by atoms with Crippen molar-refractivity contribution in [3.8, 4) is 0 Å². The maximum atomic E-state index is 11.9. The van der Waals surface area contributed by atoms with Gasteiger partial charge in [-0.05, 0) is 37.6 Å². The summed E-state index contributed by atoms with van der Waals surface area (Å²) >= 11 is 1.38. The Morgan fingerprint density at radius 1 is 1.30 bits per heavy atom. The molecule has 0 aliphatic rings. The molecule has 3 rings (SSSR count). The van der Waals surface area contributed by atoms with E-state index in [0.29, 0.717) is 16.5 Å². The third-order valence-electron chi connectivity index (χ3n) is 3.20. The first kappa shape index (κ1) is 15.2. The number of carbonyl (C=O) groups is 2. The number of fused-ring (bicyclic) bond motifs is 1. The predicted molar refractivity (Wildman–Crippen MR) is 86.7 cm³/mol. The number of nitrogens with one attached hydrogen (secondary N) is 1. The number of hydrogen-bond donors (Lipinski definition) is 1. The number of esters is 1. The number of nitrogens with zero attached hydrogens (tertiary/aromatic N) is 1. The van der Waals surface area contributed by atoms with E-state index in [9.17, 15) is 9.59 Å². The Bertz CT molecular complexity index is 881. The molecular formula is C16H14N2O4S. The van der Waals surface area contributed by atoms with Crippen LogP contribution >= 0.6 is 11.3 Å². The van der Waals surface area contributed by atoms with E-state index in [2.05, 4.69) is 10.3 Å². The van der Waals surface area contributed by atoms with E-state index in [1.54, 1.807) is 6.92 Å². The van der Waals surface area contributed by atoms with Crippen LogP contribution in [0.1, 0.15) is 21.7 Å². The zero-order valence-corrected chi connectivity index (χ0v) is 13.4. The summed E-state index contributed by atoms with van der Waals surface area (Å²) in [6, 6.07) is 7.37. The maximum absolute atomic E-state index is 11.9. The molecule has 7 heteroatoms. The fourth-order valence-corrected chi connectivity index (χ4v) is 3.03. The molecule has 0 bridgehead atoms. The second kappa shape index (κ2) is 6.21. The Balaban J connectivity index is 1.60. The van der Waals surface area contributed by atoms with Crippen LogP contribution in [0.4, 0.5) is 5.13 Å². The van der Waals surface area contributed by atoms with Crippen LogP contribution in [0.5, 0.6) is 0 Å². The largest absolute Gasteiger partial charge is 0.469 e. The van der Waals surface area contributed by atoms with Crippen LogP contribution in [-0.2, 0) is 9.53 Å². The van der Waals surface area contributed by atoms with Gasteiger partial charge in [-0.2, -0.15) is 0 Å². The van der Waals surface area contributed by atoms with Crippen molar-refractivity contribution in [2.24, 2.45) is 0 Å². The van der Waals surface area contributed by atoms with E-state index >= 15 is 0 Å². The lowest BCUT2D eigenvalue weighted by atomic mass is 10.2. The third-order valence-corrected chi connectivity index (χ3v) is 4.14. The van der Waals surface area contributed by atoms with Gasteiger partial charge in [0.2, 0.25) is 0 Å². The molecule has 1 aromatic carbocycles. The molecule has 2 heterocycles. The first-order valence-electron chi connectivity index (χ1n) is 6.91. The van der Waals surface area contributed by atoms with Gasteiger partial charge in [0.15, 0.2) is 11.7 Å². The highest BCUT2D eigenvalue weighted by molar-refractivity contribution is 7.22. The number of aromatic nitrogens is 1. The number of benzene rings is 1. The molecule has 0 aliphatic heterocycles. The van der Waals surface area contributed by atoms with E-state index in [-0.39, 0.29) is 6.61 Å². The van der Waals surface area contributed by atoms with Gasteiger partial charge in [0, 0.05) is 0 Å². The zero-order chi connectivity index (χ0) is 16.4. The molecule has 0 aliphatic carbocycles. The second-order valence-corrected chi connectivity index (χ2v) is 6.04. The summed E-state index contributed by atoms with van der Waals surface area (Å²) in [7, 11) is 0. The Morgan fingerprint density at radius 2 is 2.13 bits per heavy atom. The topological polar surface area (TPSA) is 81.4 Å². The molecule has 23 heavy (non-hydrogen) atoms. The maximum Gasteiger partial charge on any atom is 0.342 e. The van der Waals surface area contributed by atoms with Crippen LogP contribution in [0, 0.1) is 13.8 Å². The molecule has 118 valence electrons. The molecule has 0 radical (unpaired) electrons. The van der Waals surface area contributed by atoms with Gasteiger partial charge in [-0.25, -0.2) is 9.78 Å². The molecule has 0 atom stereocenters.